The van der Waals surface area contributed by atoms with Gasteiger partial charge in [-0.1, -0.05) is 18.2 Å². The zero-order valence-corrected chi connectivity index (χ0v) is 16.3. The normalized spacial score (nSPS) is 11.5. The molecule has 4 nitrogen and oxygen atoms in total. The molecule has 3 aromatic rings. The van der Waals surface area contributed by atoms with Crippen LogP contribution in [0.1, 0.15) is 26.3 Å². The fourth-order valence-electron chi connectivity index (χ4n) is 3.21. The molecule has 146 valence electrons. The van der Waals surface area contributed by atoms with Gasteiger partial charge in [-0.2, -0.15) is 0 Å². The number of rotatable bonds is 5. The van der Waals surface area contributed by atoms with E-state index in [2.05, 4.69) is 4.98 Å². The highest BCUT2D eigenvalue weighted by molar-refractivity contribution is 5.88. The summed E-state index contributed by atoms with van der Waals surface area (Å²) in [4.78, 5) is 18.5. The van der Waals surface area contributed by atoms with Crippen LogP contribution in [0, 0.1) is 11.6 Å². The SMILES string of the molecule is CCN(C)C(=O)C(C)(C)c1c(F)cccc1Oc1cnc2c(F)cccc2c1. The molecule has 1 heterocycles. The van der Waals surface area contributed by atoms with Gasteiger partial charge >= 0.3 is 0 Å². The van der Waals surface area contributed by atoms with Crippen molar-refractivity contribution in [2.45, 2.75) is 26.2 Å². The number of fused-ring (bicyclic) bond motifs is 1. The van der Waals surface area contributed by atoms with Gasteiger partial charge in [-0.15, -0.1) is 0 Å². The molecular formula is C22H22F2N2O2. The second-order valence-corrected chi connectivity index (χ2v) is 7.14. The summed E-state index contributed by atoms with van der Waals surface area (Å²) < 4.78 is 34.5. The number of pyridine rings is 1. The molecule has 0 bridgehead atoms. The molecule has 0 aliphatic heterocycles. The Kier molecular flexibility index (Phi) is 5.31. The highest BCUT2D eigenvalue weighted by Gasteiger charge is 2.37. The van der Waals surface area contributed by atoms with Crippen molar-refractivity contribution in [2.24, 2.45) is 0 Å². The smallest absolute Gasteiger partial charge is 0.232 e. The van der Waals surface area contributed by atoms with Gasteiger partial charge in [-0.25, -0.2) is 13.8 Å². The van der Waals surface area contributed by atoms with Crippen LogP contribution in [-0.2, 0) is 10.2 Å². The number of hydrogen-bond donors (Lipinski definition) is 0. The molecule has 28 heavy (non-hydrogen) atoms. The van der Waals surface area contributed by atoms with E-state index in [-0.39, 0.29) is 22.7 Å². The van der Waals surface area contributed by atoms with Gasteiger partial charge in [0.1, 0.15) is 28.7 Å². The lowest BCUT2D eigenvalue weighted by atomic mass is 9.82. The van der Waals surface area contributed by atoms with Crippen molar-refractivity contribution in [3.8, 4) is 11.5 Å². The van der Waals surface area contributed by atoms with Crippen LogP contribution in [0.3, 0.4) is 0 Å². The molecule has 3 rings (SSSR count). The Morgan fingerprint density at radius 3 is 2.54 bits per heavy atom. The van der Waals surface area contributed by atoms with Crippen LogP contribution in [-0.4, -0.2) is 29.4 Å². The number of halogens is 2. The molecule has 2 aromatic carbocycles. The predicted octanol–water partition coefficient (Wildman–Crippen LogP) is 5.06. The van der Waals surface area contributed by atoms with Crippen molar-refractivity contribution >= 4 is 16.8 Å². The summed E-state index contributed by atoms with van der Waals surface area (Å²) >= 11 is 0. The van der Waals surface area contributed by atoms with Crippen LogP contribution in [0.5, 0.6) is 11.5 Å². The maximum atomic E-state index is 14.8. The first-order valence-corrected chi connectivity index (χ1v) is 9.02. The molecule has 0 unspecified atom stereocenters. The highest BCUT2D eigenvalue weighted by atomic mass is 19.1. The number of para-hydroxylation sites is 1. The van der Waals surface area contributed by atoms with Gasteiger partial charge in [-0.3, -0.25) is 4.79 Å². The van der Waals surface area contributed by atoms with Crippen molar-refractivity contribution in [2.75, 3.05) is 13.6 Å². The van der Waals surface area contributed by atoms with Crippen molar-refractivity contribution in [3.05, 3.63) is 65.9 Å². The lowest BCUT2D eigenvalue weighted by molar-refractivity contribution is -0.134. The summed E-state index contributed by atoms with van der Waals surface area (Å²) in [7, 11) is 1.67. The quantitative estimate of drug-likeness (QED) is 0.617. The third kappa shape index (κ3) is 3.54. The lowest BCUT2D eigenvalue weighted by Gasteiger charge is -2.30. The monoisotopic (exact) mass is 384 g/mol. The Morgan fingerprint density at radius 2 is 1.82 bits per heavy atom. The van der Waals surface area contributed by atoms with Crippen LogP contribution < -0.4 is 4.74 Å². The Hall–Kier alpha value is -3.02. The number of likely N-dealkylation sites (N-methyl/N-ethyl adjacent to an activating group) is 1. The predicted molar refractivity (Wildman–Crippen MR) is 105 cm³/mol. The molecule has 0 saturated carbocycles. The van der Waals surface area contributed by atoms with Crippen molar-refractivity contribution in [1.29, 1.82) is 0 Å². The summed E-state index contributed by atoms with van der Waals surface area (Å²) in [6.45, 7) is 5.70. The minimum absolute atomic E-state index is 0.166. The molecule has 0 spiro atoms. The van der Waals surface area contributed by atoms with Gasteiger partial charge in [0.2, 0.25) is 5.91 Å². The van der Waals surface area contributed by atoms with Gasteiger partial charge in [-0.05, 0) is 45.0 Å². The summed E-state index contributed by atoms with van der Waals surface area (Å²) in [5, 5.41) is 0.566. The van der Waals surface area contributed by atoms with E-state index in [1.54, 1.807) is 45.2 Å². The van der Waals surface area contributed by atoms with Gasteiger partial charge in [0.15, 0.2) is 0 Å². The van der Waals surface area contributed by atoms with Gasteiger partial charge in [0.05, 0.1) is 11.6 Å². The number of aromatic nitrogens is 1. The fraction of sp³-hybridized carbons (Fsp3) is 0.273. The average molecular weight is 384 g/mol. The van der Waals surface area contributed by atoms with Gasteiger partial charge in [0, 0.05) is 24.5 Å². The van der Waals surface area contributed by atoms with Crippen molar-refractivity contribution < 1.29 is 18.3 Å². The van der Waals surface area contributed by atoms with E-state index in [0.717, 1.165) is 0 Å². The number of nitrogens with zero attached hydrogens (tertiary/aromatic N) is 2. The Bertz CT molecular complexity index is 1030. The Balaban J connectivity index is 2.04. The second kappa shape index (κ2) is 7.54. The molecule has 0 aliphatic carbocycles. The van der Waals surface area contributed by atoms with Crippen molar-refractivity contribution in [3.63, 3.8) is 0 Å². The Morgan fingerprint density at radius 1 is 1.14 bits per heavy atom. The van der Waals surface area contributed by atoms with E-state index < -0.39 is 17.0 Å². The van der Waals surface area contributed by atoms with E-state index in [1.165, 1.54) is 29.3 Å². The van der Waals surface area contributed by atoms with Crippen LogP contribution in [0.2, 0.25) is 0 Å². The molecule has 1 amide bonds. The molecule has 0 atom stereocenters. The lowest BCUT2D eigenvalue weighted by Crippen LogP contribution is -2.42. The van der Waals surface area contributed by atoms with Crippen LogP contribution in [0.4, 0.5) is 8.78 Å². The summed E-state index contributed by atoms with van der Waals surface area (Å²) in [5.41, 5.74) is -0.740. The molecule has 1 aromatic heterocycles. The topological polar surface area (TPSA) is 42.4 Å². The molecule has 0 aliphatic rings. The first-order chi connectivity index (χ1) is 13.3. The number of amides is 1. The molecule has 0 saturated heterocycles. The van der Waals surface area contributed by atoms with E-state index in [1.807, 2.05) is 6.92 Å². The number of benzene rings is 2. The zero-order chi connectivity index (χ0) is 20.5. The highest BCUT2D eigenvalue weighted by Crippen LogP contribution is 2.38. The fourth-order valence-corrected chi connectivity index (χ4v) is 3.21. The van der Waals surface area contributed by atoms with E-state index in [9.17, 15) is 13.6 Å². The minimum atomic E-state index is -1.14. The van der Waals surface area contributed by atoms with Crippen molar-refractivity contribution in [1.82, 2.24) is 9.88 Å². The average Bonchev–Trinajstić information content (AvgIpc) is 2.66. The third-order valence-electron chi connectivity index (χ3n) is 4.82. The van der Waals surface area contributed by atoms with Crippen LogP contribution in [0.15, 0.2) is 48.7 Å². The van der Waals surface area contributed by atoms with E-state index >= 15 is 0 Å². The number of carbonyl (C=O) groups is 1. The van der Waals surface area contributed by atoms with E-state index in [0.29, 0.717) is 17.7 Å². The van der Waals surface area contributed by atoms with Crippen LogP contribution in [0.25, 0.3) is 10.9 Å². The standard InChI is InChI=1S/C22H22F2N2O2/c1-5-26(4)21(27)22(2,3)19-16(23)9-7-11-18(19)28-15-12-14-8-6-10-17(24)20(14)25-13-15/h6-13H,5H2,1-4H3. The number of carbonyl (C=O) groups excluding carboxylic acids is 1. The maximum Gasteiger partial charge on any atom is 0.232 e. The second-order valence-electron chi connectivity index (χ2n) is 7.14. The maximum absolute atomic E-state index is 14.8. The third-order valence-corrected chi connectivity index (χ3v) is 4.82. The number of ether oxygens (including phenoxy) is 1. The zero-order valence-electron chi connectivity index (χ0n) is 16.3. The largest absolute Gasteiger partial charge is 0.455 e. The van der Waals surface area contributed by atoms with Crippen LogP contribution >= 0.6 is 0 Å². The molecule has 0 fully saturated rings. The Labute approximate surface area is 162 Å². The van der Waals surface area contributed by atoms with E-state index in [4.69, 9.17) is 4.74 Å². The first-order valence-electron chi connectivity index (χ1n) is 9.02. The number of hydrogen-bond acceptors (Lipinski definition) is 3. The molecule has 0 N–H and O–H groups in total. The van der Waals surface area contributed by atoms with Gasteiger partial charge in [0.25, 0.3) is 0 Å². The molecule has 0 radical (unpaired) electrons. The summed E-state index contributed by atoms with van der Waals surface area (Å²) in [5.74, 6) is -0.619. The summed E-state index contributed by atoms with van der Waals surface area (Å²) in [6, 6.07) is 10.7. The molecule has 6 heteroatoms. The van der Waals surface area contributed by atoms with Gasteiger partial charge < -0.3 is 9.64 Å². The summed E-state index contributed by atoms with van der Waals surface area (Å²) in [6.07, 6.45) is 1.38. The molecular weight excluding hydrogens is 362 g/mol. The minimum Gasteiger partial charge on any atom is -0.455 e. The first kappa shape index (κ1) is 19.7.